The van der Waals surface area contributed by atoms with Crippen molar-refractivity contribution >= 4 is 16.3 Å². The molecular weight excluding hydrogens is 202 g/mol. The molecule has 0 aromatic rings. The molecule has 0 saturated carbocycles. The lowest BCUT2D eigenvalue weighted by molar-refractivity contribution is -0.254. The fourth-order valence-corrected chi connectivity index (χ4v) is 1.03. The van der Waals surface area contributed by atoms with E-state index in [2.05, 4.69) is 14.0 Å². The van der Waals surface area contributed by atoms with Gasteiger partial charge >= 0.3 is 16.3 Å². The van der Waals surface area contributed by atoms with Crippen molar-refractivity contribution < 1.29 is 27.2 Å². The van der Waals surface area contributed by atoms with Crippen LogP contribution in [0.5, 0.6) is 0 Å². The van der Waals surface area contributed by atoms with E-state index in [-0.39, 0.29) is 0 Å². The molecule has 0 aliphatic heterocycles. The number of hydrogen-bond acceptors (Lipinski definition) is 6. The molecule has 0 aromatic heterocycles. The van der Waals surface area contributed by atoms with Crippen LogP contribution >= 0.6 is 0 Å². The van der Waals surface area contributed by atoms with Gasteiger partial charge < -0.3 is 0 Å². The molecule has 0 spiro atoms. The zero-order valence-electron chi connectivity index (χ0n) is 7.51. The van der Waals surface area contributed by atoms with E-state index in [4.69, 9.17) is 0 Å². The minimum absolute atomic E-state index is 0.468. The van der Waals surface area contributed by atoms with Crippen LogP contribution in [0.1, 0.15) is 0 Å². The Kier molecular flexibility index (Phi) is 4.85. The second-order valence-corrected chi connectivity index (χ2v) is 3.81. The molecule has 0 bridgehead atoms. The van der Waals surface area contributed by atoms with Gasteiger partial charge in [-0.25, -0.2) is 4.79 Å². The van der Waals surface area contributed by atoms with Crippen LogP contribution in [0, 0.1) is 0 Å². The number of nitrogens with zero attached hydrogens (tertiary/aromatic N) is 1. The van der Waals surface area contributed by atoms with Gasteiger partial charge in [0.25, 0.3) is 0 Å². The highest BCUT2D eigenvalue weighted by molar-refractivity contribution is 7.84. The molecule has 0 aliphatic carbocycles. The van der Waals surface area contributed by atoms with Gasteiger partial charge in [-0.05, 0) is 0 Å². The summed E-state index contributed by atoms with van der Waals surface area (Å²) in [6.45, 7) is -0.468. The topological polar surface area (TPSA) is 82.1 Å². The Labute approximate surface area is 76.4 Å². The van der Waals surface area contributed by atoms with Crippen LogP contribution in [0.4, 0.5) is 0 Å². The molecule has 0 N–H and O–H groups in total. The third-order valence-electron chi connectivity index (χ3n) is 1.12. The van der Waals surface area contributed by atoms with Crippen LogP contribution < -0.4 is 0 Å². The largest absolute Gasteiger partial charge is 0.357 e. The van der Waals surface area contributed by atoms with Gasteiger partial charge in [-0.1, -0.05) is 0 Å². The number of likely N-dealkylation sites (N-methyl/N-ethyl adjacent to an activating group) is 1. The fraction of sp³-hybridized carbons (Fsp3) is 0.800. The smallest absolute Gasteiger partial charge is 0.297 e. The molecule has 0 radical (unpaired) electrons. The first-order valence-electron chi connectivity index (χ1n) is 3.19. The first-order chi connectivity index (χ1) is 5.94. The molecule has 0 aromatic carbocycles. The Morgan fingerprint density at radius 1 is 1.38 bits per heavy atom. The Balaban J connectivity index is 4.16. The second-order valence-electron chi connectivity index (χ2n) is 2.00. The Morgan fingerprint density at radius 2 is 1.92 bits per heavy atom. The summed E-state index contributed by atoms with van der Waals surface area (Å²) in [5, 5.41) is 0. The molecule has 0 unspecified atom stereocenters. The summed E-state index contributed by atoms with van der Waals surface area (Å²) >= 11 is 0. The quantitative estimate of drug-likeness (QED) is 0.426. The lowest BCUT2D eigenvalue weighted by Gasteiger charge is -2.12. The summed E-state index contributed by atoms with van der Waals surface area (Å²) in [6.07, 6.45) is 0. The van der Waals surface area contributed by atoms with Crippen LogP contribution in [0.15, 0.2) is 0 Å². The lowest BCUT2D eigenvalue weighted by atomic mass is 10.7. The van der Waals surface area contributed by atoms with Gasteiger partial charge in [0.2, 0.25) is 0 Å². The van der Waals surface area contributed by atoms with Crippen LogP contribution in [0.2, 0.25) is 0 Å². The van der Waals surface area contributed by atoms with Gasteiger partial charge in [-0.15, -0.1) is 0 Å². The molecular formula is C5H11NO6S. The highest BCUT2D eigenvalue weighted by atomic mass is 32.2. The molecule has 0 heterocycles. The Hall–Kier alpha value is -0.700. The third kappa shape index (κ3) is 4.18. The van der Waals surface area contributed by atoms with Crippen molar-refractivity contribution in [1.82, 2.24) is 4.31 Å². The van der Waals surface area contributed by atoms with Crippen molar-refractivity contribution in [3.8, 4) is 0 Å². The van der Waals surface area contributed by atoms with Crippen LogP contribution in [-0.2, 0) is 29.1 Å². The van der Waals surface area contributed by atoms with Crippen molar-refractivity contribution in [2.24, 2.45) is 0 Å². The van der Waals surface area contributed by atoms with Gasteiger partial charge in [-0.3, -0.25) is 9.07 Å². The van der Waals surface area contributed by atoms with E-state index in [1.807, 2.05) is 0 Å². The third-order valence-corrected chi connectivity index (χ3v) is 2.43. The lowest BCUT2D eigenvalue weighted by Crippen LogP contribution is -2.33. The van der Waals surface area contributed by atoms with E-state index in [0.29, 0.717) is 4.31 Å². The Morgan fingerprint density at radius 3 is 2.31 bits per heavy atom. The molecule has 13 heavy (non-hydrogen) atoms. The molecule has 0 rings (SSSR count). The fourth-order valence-electron chi connectivity index (χ4n) is 0.507. The van der Waals surface area contributed by atoms with Gasteiger partial charge in [0, 0.05) is 7.05 Å². The van der Waals surface area contributed by atoms with Crippen molar-refractivity contribution in [1.29, 1.82) is 0 Å². The average molecular weight is 213 g/mol. The van der Waals surface area contributed by atoms with Crippen molar-refractivity contribution in [2.75, 3.05) is 27.8 Å². The zero-order chi connectivity index (χ0) is 10.5. The van der Waals surface area contributed by atoms with Crippen molar-refractivity contribution in [3.05, 3.63) is 0 Å². The second kappa shape index (κ2) is 5.12. The maximum Gasteiger partial charge on any atom is 0.357 e. The number of carbonyl (C=O) groups is 1. The summed E-state index contributed by atoms with van der Waals surface area (Å²) in [5.74, 6) is -0.828. The van der Waals surface area contributed by atoms with E-state index < -0.39 is 22.8 Å². The predicted molar refractivity (Wildman–Crippen MR) is 41.7 cm³/mol. The van der Waals surface area contributed by atoms with Gasteiger partial charge in [0.15, 0.2) is 0 Å². The molecule has 0 fully saturated rings. The highest BCUT2D eigenvalue weighted by Gasteiger charge is 2.20. The van der Waals surface area contributed by atoms with E-state index in [0.717, 1.165) is 14.2 Å². The molecule has 0 atom stereocenters. The normalized spacial score (nSPS) is 11.7. The van der Waals surface area contributed by atoms with Gasteiger partial charge in [-0.2, -0.15) is 17.6 Å². The van der Waals surface area contributed by atoms with E-state index in [1.165, 1.54) is 7.05 Å². The molecule has 7 nitrogen and oxygen atoms in total. The average Bonchev–Trinajstić information content (AvgIpc) is 2.04. The number of hydrogen-bond donors (Lipinski definition) is 0. The number of rotatable bonds is 5. The van der Waals surface area contributed by atoms with E-state index in [9.17, 15) is 13.2 Å². The standard InChI is InChI=1S/C5H11NO6S/c1-6(13(8,9)11-3)4-5(7)12-10-2/h4H2,1-3H3. The zero-order valence-corrected chi connectivity index (χ0v) is 8.33. The summed E-state index contributed by atoms with van der Waals surface area (Å²) in [4.78, 5) is 18.8. The molecule has 78 valence electrons. The van der Waals surface area contributed by atoms with Gasteiger partial charge in [0.1, 0.15) is 6.54 Å². The maximum absolute atomic E-state index is 10.9. The monoisotopic (exact) mass is 213 g/mol. The summed E-state index contributed by atoms with van der Waals surface area (Å²) < 4.78 is 26.6. The minimum Gasteiger partial charge on any atom is -0.297 e. The summed E-state index contributed by atoms with van der Waals surface area (Å²) in [7, 11) is -0.523. The van der Waals surface area contributed by atoms with Crippen LogP contribution in [0.3, 0.4) is 0 Å². The first kappa shape index (κ1) is 12.3. The maximum atomic E-state index is 10.9. The molecule has 8 heteroatoms. The van der Waals surface area contributed by atoms with Crippen LogP contribution in [0.25, 0.3) is 0 Å². The minimum atomic E-state index is -3.83. The number of carbonyl (C=O) groups excluding carboxylic acids is 1. The highest BCUT2D eigenvalue weighted by Crippen LogP contribution is 1.97. The molecule has 0 amide bonds. The molecule has 0 aliphatic rings. The summed E-state index contributed by atoms with van der Waals surface area (Å²) in [6, 6.07) is 0. The predicted octanol–water partition coefficient (Wildman–Crippen LogP) is -1.09. The first-order valence-corrected chi connectivity index (χ1v) is 4.56. The SMILES string of the molecule is COOC(=O)CN(C)S(=O)(=O)OC. The van der Waals surface area contributed by atoms with E-state index >= 15 is 0 Å². The Bertz CT molecular complexity index is 260. The van der Waals surface area contributed by atoms with Crippen molar-refractivity contribution in [2.45, 2.75) is 0 Å². The van der Waals surface area contributed by atoms with Gasteiger partial charge in [0.05, 0.1) is 14.2 Å². The van der Waals surface area contributed by atoms with Crippen LogP contribution in [-0.4, -0.2) is 46.5 Å². The summed E-state index contributed by atoms with van der Waals surface area (Å²) in [5.41, 5.74) is 0. The molecule has 0 saturated heterocycles. The van der Waals surface area contributed by atoms with Crippen molar-refractivity contribution in [3.63, 3.8) is 0 Å². The van der Waals surface area contributed by atoms with E-state index in [1.54, 1.807) is 0 Å².